The number of aliphatic carboxylic acids is 1. The maximum Gasteiger partial charge on any atom is 0.303 e. The van der Waals surface area contributed by atoms with Gasteiger partial charge in [0.1, 0.15) is 5.65 Å². The third-order valence-corrected chi connectivity index (χ3v) is 8.66. The van der Waals surface area contributed by atoms with Gasteiger partial charge in [0.2, 0.25) is 5.91 Å². The summed E-state index contributed by atoms with van der Waals surface area (Å²) < 4.78 is 0. The molecule has 4 heterocycles. The summed E-state index contributed by atoms with van der Waals surface area (Å²) in [6.45, 7) is 2.17. The zero-order valence-electron chi connectivity index (χ0n) is 18.1. The molecule has 4 bridgehead atoms. The Kier molecular flexibility index (Phi) is 4.41. The third kappa shape index (κ3) is 3.17. The molecule has 1 amide bonds. The minimum absolute atomic E-state index is 0.153. The number of aromatic amines is 1. The molecule has 7 rings (SSSR count). The van der Waals surface area contributed by atoms with E-state index in [4.69, 9.17) is 0 Å². The van der Waals surface area contributed by atoms with E-state index in [2.05, 4.69) is 34.1 Å². The number of aromatic nitrogens is 2. The van der Waals surface area contributed by atoms with Crippen LogP contribution in [0.25, 0.3) is 11.0 Å². The molecule has 1 atom stereocenters. The van der Waals surface area contributed by atoms with Gasteiger partial charge < -0.3 is 15.0 Å². The summed E-state index contributed by atoms with van der Waals surface area (Å²) in [7, 11) is 0. The largest absolute Gasteiger partial charge is 0.481 e. The molecular weight excluding hydrogens is 390 g/mol. The van der Waals surface area contributed by atoms with E-state index >= 15 is 0 Å². The van der Waals surface area contributed by atoms with Gasteiger partial charge in [-0.25, -0.2) is 4.98 Å². The molecule has 5 fully saturated rings. The lowest BCUT2D eigenvalue weighted by molar-refractivity contribution is -0.159. The number of amides is 1. The van der Waals surface area contributed by atoms with Crippen molar-refractivity contribution in [1.29, 1.82) is 0 Å². The van der Waals surface area contributed by atoms with Crippen LogP contribution in [0.4, 0.5) is 0 Å². The predicted octanol–water partition coefficient (Wildman–Crippen LogP) is 4.42. The third-order valence-electron chi connectivity index (χ3n) is 8.66. The number of pyridine rings is 1. The average Bonchev–Trinajstić information content (AvgIpc) is 3.47. The molecule has 2 saturated heterocycles. The minimum atomic E-state index is -0.669. The Bertz CT molecular complexity index is 1010. The first-order chi connectivity index (χ1) is 15.0. The van der Waals surface area contributed by atoms with Crippen molar-refractivity contribution in [2.24, 2.45) is 17.8 Å². The molecular formula is C25H31N3O3. The zero-order valence-corrected chi connectivity index (χ0v) is 18.1. The van der Waals surface area contributed by atoms with Gasteiger partial charge in [-0.3, -0.25) is 9.59 Å². The van der Waals surface area contributed by atoms with Gasteiger partial charge in [0.25, 0.3) is 0 Å². The average molecular weight is 422 g/mol. The van der Waals surface area contributed by atoms with Gasteiger partial charge in [0.15, 0.2) is 0 Å². The van der Waals surface area contributed by atoms with E-state index in [1.165, 1.54) is 29.4 Å². The van der Waals surface area contributed by atoms with Crippen LogP contribution in [0.5, 0.6) is 0 Å². The Morgan fingerprint density at radius 3 is 2.48 bits per heavy atom. The molecule has 0 aromatic carbocycles. The fourth-order valence-electron chi connectivity index (χ4n) is 7.27. The van der Waals surface area contributed by atoms with Crippen molar-refractivity contribution in [3.63, 3.8) is 0 Å². The summed E-state index contributed by atoms with van der Waals surface area (Å²) in [6, 6.07) is 2.79. The van der Waals surface area contributed by atoms with E-state index < -0.39 is 5.97 Å². The Hall–Kier alpha value is -2.37. The molecule has 164 valence electrons. The van der Waals surface area contributed by atoms with Crippen LogP contribution in [-0.4, -0.2) is 43.9 Å². The van der Waals surface area contributed by atoms with Crippen LogP contribution < -0.4 is 0 Å². The first-order valence-corrected chi connectivity index (χ1v) is 12.0. The molecule has 0 spiro atoms. The number of piperidine rings is 2. The number of carboxylic acids is 1. The Labute approximate surface area is 182 Å². The number of rotatable bonds is 6. The van der Waals surface area contributed by atoms with E-state index in [1.54, 1.807) is 0 Å². The van der Waals surface area contributed by atoms with Crippen LogP contribution in [0, 0.1) is 17.8 Å². The van der Waals surface area contributed by atoms with E-state index in [0.29, 0.717) is 48.6 Å². The molecule has 1 unspecified atom stereocenters. The summed E-state index contributed by atoms with van der Waals surface area (Å²) in [5.74, 6) is 1.71. The molecule has 2 aliphatic heterocycles. The van der Waals surface area contributed by atoms with Crippen LogP contribution in [-0.2, 0) is 9.59 Å². The summed E-state index contributed by atoms with van der Waals surface area (Å²) in [6.07, 6.45) is 11.3. The fraction of sp³-hybridized carbons (Fsp3) is 0.640. The van der Waals surface area contributed by atoms with Gasteiger partial charge in [0.05, 0.1) is 0 Å². The second-order valence-electron chi connectivity index (χ2n) is 10.6. The smallest absolute Gasteiger partial charge is 0.303 e. The predicted molar refractivity (Wildman–Crippen MR) is 117 cm³/mol. The molecule has 2 aromatic rings. The number of carbonyl (C=O) groups is 2. The van der Waals surface area contributed by atoms with Crippen LogP contribution in [0.2, 0.25) is 0 Å². The molecule has 0 radical (unpaired) electrons. The number of hydrogen-bond acceptors (Lipinski definition) is 3. The highest BCUT2D eigenvalue weighted by Crippen LogP contribution is 2.54. The normalized spacial score (nSPS) is 32.5. The molecule has 3 aliphatic carbocycles. The van der Waals surface area contributed by atoms with Gasteiger partial charge in [-0.05, 0) is 85.3 Å². The van der Waals surface area contributed by atoms with Crippen LogP contribution >= 0.6 is 0 Å². The van der Waals surface area contributed by atoms with Gasteiger partial charge in [0, 0.05) is 42.7 Å². The number of H-pyrrole nitrogens is 1. The van der Waals surface area contributed by atoms with Crippen LogP contribution in [0.3, 0.4) is 0 Å². The lowest BCUT2D eigenvalue weighted by Crippen LogP contribution is -2.62. The highest BCUT2D eigenvalue weighted by atomic mass is 16.4. The number of carboxylic acid groups (broad SMARTS) is 1. The van der Waals surface area contributed by atoms with Gasteiger partial charge in [-0.1, -0.05) is 6.92 Å². The maximum atomic E-state index is 13.5. The number of fused-ring (bicyclic) bond motifs is 1. The van der Waals surface area contributed by atoms with Crippen molar-refractivity contribution >= 4 is 22.9 Å². The van der Waals surface area contributed by atoms with Crippen LogP contribution in [0.15, 0.2) is 18.5 Å². The lowest BCUT2D eigenvalue weighted by atomic mass is 9.57. The number of nitrogens with one attached hydrogen (secondary N) is 1. The lowest BCUT2D eigenvalue weighted by Gasteiger charge is -2.59. The number of hydrogen-bond donors (Lipinski definition) is 2. The maximum absolute atomic E-state index is 13.5. The first-order valence-electron chi connectivity index (χ1n) is 12.0. The molecule has 3 saturated carbocycles. The monoisotopic (exact) mass is 421 g/mol. The minimum Gasteiger partial charge on any atom is -0.481 e. The standard InChI is InChI=1S/C25H31N3O3/c1-13(21-12-27-25-24(21)19(4-5-26-25)14-2-3-14)6-22(29)28-17-7-15-8-18(28)10-16(9-17)20(15)11-23(30)31/h4-5,12-18,20H,2-3,6-11H2,1H3,(H,26,27)(H,30,31). The van der Waals surface area contributed by atoms with Crippen molar-refractivity contribution in [1.82, 2.24) is 14.9 Å². The van der Waals surface area contributed by atoms with E-state index in [1.807, 2.05) is 6.20 Å². The van der Waals surface area contributed by atoms with E-state index in [0.717, 1.165) is 31.3 Å². The van der Waals surface area contributed by atoms with Gasteiger partial charge in [-0.15, -0.1) is 0 Å². The summed E-state index contributed by atoms with van der Waals surface area (Å²) >= 11 is 0. The van der Waals surface area contributed by atoms with Crippen LogP contribution in [0.1, 0.15) is 81.3 Å². The summed E-state index contributed by atoms with van der Waals surface area (Å²) in [5, 5.41) is 10.5. The second kappa shape index (κ2) is 7.07. The first kappa shape index (κ1) is 19.3. The van der Waals surface area contributed by atoms with E-state index in [9.17, 15) is 14.7 Å². The van der Waals surface area contributed by atoms with Gasteiger partial charge in [-0.2, -0.15) is 0 Å². The number of nitrogens with zero attached hydrogens (tertiary/aromatic N) is 2. The molecule has 5 aliphatic rings. The Balaban J connectivity index is 1.19. The SMILES string of the molecule is CC(CC(=O)N1C2CC3CC1CC(C2)C3CC(=O)O)c1c[nH]c2nccc(C3CC3)c12. The second-order valence-corrected chi connectivity index (χ2v) is 10.6. The van der Waals surface area contributed by atoms with Crippen molar-refractivity contribution in [3.8, 4) is 0 Å². The highest BCUT2D eigenvalue weighted by molar-refractivity contribution is 5.86. The quantitative estimate of drug-likeness (QED) is 0.723. The van der Waals surface area contributed by atoms with Crippen molar-refractivity contribution < 1.29 is 14.7 Å². The van der Waals surface area contributed by atoms with Gasteiger partial charge >= 0.3 is 5.97 Å². The molecule has 6 nitrogen and oxygen atoms in total. The van der Waals surface area contributed by atoms with Crippen molar-refractivity contribution in [2.75, 3.05) is 0 Å². The molecule has 2 aromatic heterocycles. The van der Waals surface area contributed by atoms with E-state index in [-0.39, 0.29) is 11.8 Å². The molecule has 31 heavy (non-hydrogen) atoms. The molecule has 6 heteroatoms. The van der Waals surface area contributed by atoms with Crippen molar-refractivity contribution in [2.45, 2.75) is 82.2 Å². The molecule has 2 N–H and O–H groups in total. The highest BCUT2D eigenvalue weighted by Gasteiger charge is 2.53. The Morgan fingerprint density at radius 2 is 1.87 bits per heavy atom. The summed E-state index contributed by atoms with van der Waals surface area (Å²) in [5.41, 5.74) is 3.56. The summed E-state index contributed by atoms with van der Waals surface area (Å²) in [4.78, 5) is 34.8. The Morgan fingerprint density at radius 1 is 1.19 bits per heavy atom. The topological polar surface area (TPSA) is 86.3 Å². The zero-order chi connectivity index (χ0) is 21.3. The fourth-order valence-corrected chi connectivity index (χ4v) is 7.27. The number of carbonyl (C=O) groups excluding carboxylic acids is 1. The van der Waals surface area contributed by atoms with Crippen molar-refractivity contribution in [3.05, 3.63) is 29.6 Å².